The van der Waals surface area contributed by atoms with Crippen LogP contribution in [0, 0.1) is 0 Å². The minimum Gasteiger partial charge on any atom is -0.494 e. The number of aromatic nitrogens is 1. The Morgan fingerprint density at radius 3 is 2.74 bits per heavy atom. The molecule has 0 fully saturated rings. The van der Waals surface area contributed by atoms with Crippen LogP contribution < -0.4 is 10.1 Å². The molecular formula is C13H13ClN2O2S. The summed E-state index contributed by atoms with van der Waals surface area (Å²) in [5.41, 5.74) is 1.32. The molecule has 1 amide bonds. The molecule has 0 aliphatic heterocycles. The number of nitrogens with zero attached hydrogens (tertiary/aromatic N) is 1. The average molecular weight is 297 g/mol. The number of halogens is 1. The summed E-state index contributed by atoms with van der Waals surface area (Å²) in [4.78, 5) is 16.1. The number of alkyl halides is 1. The fourth-order valence-corrected chi connectivity index (χ4v) is 2.40. The van der Waals surface area contributed by atoms with Crippen molar-refractivity contribution in [2.45, 2.75) is 12.8 Å². The minimum atomic E-state index is -0.196. The molecule has 2 rings (SSSR count). The lowest BCUT2D eigenvalue weighted by atomic mass is 10.2. The van der Waals surface area contributed by atoms with Gasteiger partial charge in [-0.05, 0) is 31.2 Å². The van der Waals surface area contributed by atoms with E-state index in [1.807, 2.05) is 12.3 Å². The molecule has 0 unspecified atom stereocenters. The highest BCUT2D eigenvalue weighted by Crippen LogP contribution is 2.18. The second kappa shape index (κ2) is 6.54. The van der Waals surface area contributed by atoms with Crippen molar-refractivity contribution in [2.75, 3.05) is 11.9 Å². The first kappa shape index (κ1) is 13.8. The Balaban J connectivity index is 2.02. The van der Waals surface area contributed by atoms with Crippen molar-refractivity contribution in [3.63, 3.8) is 0 Å². The molecule has 1 aromatic heterocycles. The molecule has 19 heavy (non-hydrogen) atoms. The van der Waals surface area contributed by atoms with Gasteiger partial charge in [0.15, 0.2) is 5.13 Å². The van der Waals surface area contributed by atoms with Gasteiger partial charge in [-0.1, -0.05) is 0 Å². The van der Waals surface area contributed by atoms with Gasteiger partial charge < -0.3 is 4.74 Å². The molecule has 0 aliphatic carbocycles. The number of nitrogens with one attached hydrogen (secondary N) is 1. The summed E-state index contributed by atoms with van der Waals surface area (Å²) in [6, 6.07) is 6.97. The predicted molar refractivity (Wildman–Crippen MR) is 77.2 cm³/mol. The Bertz CT molecular complexity index is 554. The Morgan fingerprint density at radius 2 is 2.16 bits per heavy atom. The highest BCUT2D eigenvalue weighted by Gasteiger charge is 2.08. The zero-order valence-electron chi connectivity index (χ0n) is 10.4. The molecule has 0 saturated carbocycles. The van der Waals surface area contributed by atoms with Crippen molar-refractivity contribution in [1.29, 1.82) is 0 Å². The fraction of sp³-hybridized carbons (Fsp3) is 0.231. The Kier molecular flexibility index (Phi) is 4.76. The predicted octanol–water partition coefficient (Wildman–Crippen LogP) is 3.53. The number of hydrogen-bond donors (Lipinski definition) is 1. The minimum absolute atomic E-state index is 0.196. The van der Waals surface area contributed by atoms with Gasteiger partial charge in [0.2, 0.25) is 0 Å². The summed E-state index contributed by atoms with van der Waals surface area (Å²) < 4.78 is 5.32. The molecule has 4 nitrogen and oxygen atoms in total. The van der Waals surface area contributed by atoms with Gasteiger partial charge in [0.05, 0.1) is 18.2 Å². The van der Waals surface area contributed by atoms with Crippen molar-refractivity contribution >= 4 is 34.0 Å². The van der Waals surface area contributed by atoms with Crippen LogP contribution in [-0.4, -0.2) is 17.5 Å². The lowest BCUT2D eigenvalue weighted by Gasteiger charge is -2.04. The summed E-state index contributed by atoms with van der Waals surface area (Å²) >= 11 is 7.01. The standard InChI is InChI=1S/C13H13ClN2O2S/c1-2-18-11-5-3-9(4-6-11)12(17)16-13-15-10(7-14)8-19-13/h3-6,8H,2,7H2,1H3,(H,15,16,17). The van der Waals surface area contributed by atoms with E-state index >= 15 is 0 Å². The first-order valence-corrected chi connectivity index (χ1v) is 7.19. The third-order valence-electron chi connectivity index (χ3n) is 2.34. The molecule has 0 atom stereocenters. The van der Waals surface area contributed by atoms with Crippen LogP contribution in [0.4, 0.5) is 5.13 Å². The molecule has 1 N–H and O–H groups in total. The average Bonchev–Trinajstić information content (AvgIpc) is 2.87. The van der Waals surface area contributed by atoms with E-state index in [4.69, 9.17) is 16.3 Å². The Hall–Kier alpha value is -1.59. The molecule has 0 aliphatic rings. The summed E-state index contributed by atoms with van der Waals surface area (Å²) in [6.45, 7) is 2.52. The fourth-order valence-electron chi connectivity index (χ4n) is 1.46. The maximum Gasteiger partial charge on any atom is 0.257 e. The second-order valence-corrected chi connectivity index (χ2v) is 4.81. The molecule has 100 valence electrons. The van der Waals surface area contributed by atoms with E-state index in [-0.39, 0.29) is 5.91 Å². The second-order valence-electron chi connectivity index (χ2n) is 3.69. The van der Waals surface area contributed by atoms with E-state index in [1.165, 1.54) is 11.3 Å². The normalized spacial score (nSPS) is 10.2. The number of anilines is 1. The number of hydrogen-bond acceptors (Lipinski definition) is 4. The first-order valence-electron chi connectivity index (χ1n) is 5.77. The van der Waals surface area contributed by atoms with Crippen LogP contribution in [0.5, 0.6) is 5.75 Å². The van der Waals surface area contributed by atoms with Crippen molar-refractivity contribution < 1.29 is 9.53 Å². The number of carbonyl (C=O) groups excluding carboxylic acids is 1. The van der Waals surface area contributed by atoms with E-state index in [1.54, 1.807) is 24.3 Å². The van der Waals surface area contributed by atoms with E-state index < -0.39 is 0 Å². The lowest BCUT2D eigenvalue weighted by Crippen LogP contribution is -2.11. The smallest absolute Gasteiger partial charge is 0.257 e. The van der Waals surface area contributed by atoms with E-state index in [0.717, 1.165) is 11.4 Å². The van der Waals surface area contributed by atoms with Crippen LogP contribution in [0.25, 0.3) is 0 Å². The van der Waals surface area contributed by atoms with Gasteiger partial charge >= 0.3 is 0 Å². The Morgan fingerprint density at radius 1 is 1.42 bits per heavy atom. The third kappa shape index (κ3) is 3.68. The van der Waals surface area contributed by atoms with Crippen LogP contribution in [0.3, 0.4) is 0 Å². The lowest BCUT2D eigenvalue weighted by molar-refractivity contribution is 0.102. The van der Waals surface area contributed by atoms with Crippen LogP contribution in [0.1, 0.15) is 23.0 Å². The van der Waals surface area contributed by atoms with Gasteiger partial charge in [-0.3, -0.25) is 10.1 Å². The topological polar surface area (TPSA) is 51.2 Å². The zero-order chi connectivity index (χ0) is 13.7. The monoisotopic (exact) mass is 296 g/mol. The summed E-state index contributed by atoms with van der Waals surface area (Å²) in [6.07, 6.45) is 0. The molecule has 1 heterocycles. The number of thiazole rings is 1. The summed E-state index contributed by atoms with van der Waals surface area (Å²) in [5, 5.41) is 5.10. The summed E-state index contributed by atoms with van der Waals surface area (Å²) in [7, 11) is 0. The molecule has 6 heteroatoms. The van der Waals surface area contributed by atoms with Crippen molar-refractivity contribution in [3.05, 3.63) is 40.9 Å². The largest absolute Gasteiger partial charge is 0.494 e. The third-order valence-corrected chi connectivity index (χ3v) is 3.42. The maximum atomic E-state index is 12.0. The molecule has 0 spiro atoms. The molecule has 2 aromatic rings. The van der Waals surface area contributed by atoms with Crippen molar-refractivity contribution in [2.24, 2.45) is 0 Å². The number of ether oxygens (including phenoxy) is 1. The maximum absolute atomic E-state index is 12.0. The van der Waals surface area contributed by atoms with Crippen LogP contribution in [0.2, 0.25) is 0 Å². The van der Waals surface area contributed by atoms with Gasteiger partial charge in [-0.2, -0.15) is 0 Å². The van der Waals surface area contributed by atoms with Crippen LogP contribution in [0.15, 0.2) is 29.6 Å². The quantitative estimate of drug-likeness (QED) is 0.859. The SMILES string of the molecule is CCOc1ccc(C(=O)Nc2nc(CCl)cs2)cc1. The first-order chi connectivity index (χ1) is 9.22. The van der Waals surface area contributed by atoms with E-state index in [9.17, 15) is 4.79 Å². The number of benzene rings is 1. The van der Waals surface area contributed by atoms with Gasteiger partial charge in [0, 0.05) is 10.9 Å². The van der Waals surface area contributed by atoms with Crippen molar-refractivity contribution in [1.82, 2.24) is 4.98 Å². The van der Waals surface area contributed by atoms with Crippen LogP contribution in [-0.2, 0) is 5.88 Å². The van der Waals surface area contributed by atoms with Gasteiger partial charge in [-0.25, -0.2) is 4.98 Å². The number of rotatable bonds is 5. The molecule has 0 radical (unpaired) electrons. The molecule has 0 bridgehead atoms. The zero-order valence-corrected chi connectivity index (χ0v) is 11.9. The van der Waals surface area contributed by atoms with E-state index in [0.29, 0.717) is 23.2 Å². The van der Waals surface area contributed by atoms with Crippen LogP contribution >= 0.6 is 22.9 Å². The number of amides is 1. The molecular weight excluding hydrogens is 284 g/mol. The molecule has 1 aromatic carbocycles. The highest BCUT2D eigenvalue weighted by atomic mass is 35.5. The van der Waals surface area contributed by atoms with Gasteiger partial charge in [0.1, 0.15) is 5.75 Å². The summed E-state index contributed by atoms with van der Waals surface area (Å²) in [5.74, 6) is 0.895. The van der Waals surface area contributed by atoms with Crippen molar-refractivity contribution in [3.8, 4) is 5.75 Å². The highest BCUT2D eigenvalue weighted by molar-refractivity contribution is 7.14. The number of carbonyl (C=O) groups is 1. The van der Waals surface area contributed by atoms with Gasteiger partial charge in [0.25, 0.3) is 5.91 Å². The van der Waals surface area contributed by atoms with E-state index in [2.05, 4.69) is 10.3 Å². The van der Waals surface area contributed by atoms with Gasteiger partial charge in [-0.15, -0.1) is 22.9 Å². The molecule has 0 saturated heterocycles. The Labute approximate surface area is 120 Å².